The molecule has 3 nitrogen and oxygen atoms in total. The number of aromatic amines is 2. The Morgan fingerprint density at radius 3 is 2.92 bits per heavy atom. The van der Waals surface area contributed by atoms with E-state index in [9.17, 15) is 0 Å². The molecule has 0 spiro atoms. The number of nitrogens with one attached hydrogen (secondary N) is 2. The van der Waals surface area contributed by atoms with Gasteiger partial charge in [0.2, 0.25) is 0 Å². The Morgan fingerprint density at radius 2 is 2.25 bits per heavy atom. The minimum absolute atomic E-state index is 0.730. The fraction of sp³-hybridized carbons (Fsp3) is 0. The zero-order valence-electron chi connectivity index (χ0n) is 6.24. The summed E-state index contributed by atoms with van der Waals surface area (Å²) >= 11 is 4.99. The van der Waals surface area contributed by atoms with Crippen LogP contribution in [0.25, 0.3) is 11.3 Å². The first-order valence-corrected chi connectivity index (χ1v) is 3.95. The van der Waals surface area contributed by atoms with Crippen LogP contribution in [0.5, 0.6) is 0 Å². The molecular formula is C8H7N3S. The Morgan fingerprint density at radius 1 is 1.33 bits per heavy atom. The van der Waals surface area contributed by atoms with Gasteiger partial charge in [0, 0.05) is 17.5 Å². The van der Waals surface area contributed by atoms with Crippen LogP contribution in [-0.4, -0.2) is 15.2 Å². The number of hydrogen-bond acceptors (Lipinski definition) is 2. The van der Waals surface area contributed by atoms with Gasteiger partial charge in [-0.3, -0.25) is 5.10 Å². The van der Waals surface area contributed by atoms with E-state index in [0.717, 1.165) is 15.9 Å². The first kappa shape index (κ1) is 7.24. The minimum atomic E-state index is 0.730. The summed E-state index contributed by atoms with van der Waals surface area (Å²) in [6.07, 6.45) is 3.57. The summed E-state index contributed by atoms with van der Waals surface area (Å²) < 4.78 is 0.730. The van der Waals surface area contributed by atoms with Gasteiger partial charge in [0.05, 0.1) is 6.20 Å². The third-order valence-electron chi connectivity index (χ3n) is 1.58. The van der Waals surface area contributed by atoms with Gasteiger partial charge in [-0.15, -0.1) is 0 Å². The minimum Gasteiger partial charge on any atom is -0.346 e. The molecule has 0 radical (unpaired) electrons. The highest BCUT2D eigenvalue weighted by Crippen LogP contribution is 2.13. The van der Waals surface area contributed by atoms with Crippen molar-refractivity contribution >= 4 is 12.2 Å². The predicted octanol–water partition coefficient (Wildman–Crippen LogP) is 2.13. The zero-order valence-corrected chi connectivity index (χ0v) is 7.06. The van der Waals surface area contributed by atoms with Crippen LogP contribution in [0.2, 0.25) is 0 Å². The van der Waals surface area contributed by atoms with Gasteiger partial charge in [-0.1, -0.05) is 18.3 Å². The Bertz CT molecular complexity index is 416. The monoisotopic (exact) mass is 177 g/mol. The van der Waals surface area contributed by atoms with Crippen LogP contribution in [-0.2, 0) is 0 Å². The maximum absolute atomic E-state index is 4.99. The molecular weight excluding hydrogens is 170 g/mol. The van der Waals surface area contributed by atoms with Crippen molar-refractivity contribution in [2.24, 2.45) is 0 Å². The molecule has 2 aromatic heterocycles. The predicted molar refractivity (Wildman–Crippen MR) is 49.2 cm³/mol. The quantitative estimate of drug-likeness (QED) is 0.655. The fourth-order valence-corrected chi connectivity index (χ4v) is 1.20. The molecule has 2 aromatic rings. The van der Waals surface area contributed by atoms with Crippen molar-refractivity contribution in [3.05, 3.63) is 35.2 Å². The number of nitrogens with zero attached hydrogens (tertiary/aromatic N) is 1. The van der Waals surface area contributed by atoms with Crippen LogP contribution in [0, 0.1) is 4.64 Å². The van der Waals surface area contributed by atoms with Gasteiger partial charge in [-0.25, -0.2) is 0 Å². The molecule has 0 saturated carbocycles. The molecule has 0 atom stereocenters. The van der Waals surface area contributed by atoms with Crippen molar-refractivity contribution in [1.29, 1.82) is 0 Å². The van der Waals surface area contributed by atoms with Crippen LogP contribution >= 0.6 is 12.2 Å². The first-order chi connectivity index (χ1) is 5.86. The summed E-state index contributed by atoms with van der Waals surface area (Å²) in [6, 6.07) is 5.72. The number of hydrogen-bond donors (Lipinski definition) is 2. The molecule has 0 saturated heterocycles. The molecule has 0 amide bonds. The van der Waals surface area contributed by atoms with E-state index < -0.39 is 0 Å². The number of aromatic nitrogens is 3. The van der Waals surface area contributed by atoms with Crippen LogP contribution in [0.15, 0.2) is 30.6 Å². The third kappa shape index (κ3) is 1.29. The van der Waals surface area contributed by atoms with E-state index in [-0.39, 0.29) is 0 Å². The molecule has 2 N–H and O–H groups in total. The Kier molecular flexibility index (Phi) is 1.75. The van der Waals surface area contributed by atoms with E-state index in [4.69, 9.17) is 12.2 Å². The van der Waals surface area contributed by atoms with Gasteiger partial charge >= 0.3 is 0 Å². The number of pyridine rings is 1. The first-order valence-electron chi connectivity index (χ1n) is 3.55. The normalized spacial score (nSPS) is 10.0. The van der Waals surface area contributed by atoms with Crippen molar-refractivity contribution in [3.8, 4) is 11.3 Å². The van der Waals surface area contributed by atoms with Crippen LogP contribution in [0.4, 0.5) is 0 Å². The topological polar surface area (TPSA) is 44.5 Å². The van der Waals surface area contributed by atoms with Gasteiger partial charge < -0.3 is 4.98 Å². The smallest absolute Gasteiger partial charge is 0.103 e. The lowest BCUT2D eigenvalue weighted by Crippen LogP contribution is -1.79. The van der Waals surface area contributed by atoms with Crippen LogP contribution in [0.3, 0.4) is 0 Å². The van der Waals surface area contributed by atoms with Gasteiger partial charge in [-0.2, -0.15) is 5.10 Å². The van der Waals surface area contributed by atoms with Crippen molar-refractivity contribution < 1.29 is 0 Å². The molecule has 60 valence electrons. The van der Waals surface area contributed by atoms with Crippen LogP contribution < -0.4 is 0 Å². The largest absolute Gasteiger partial charge is 0.346 e. The van der Waals surface area contributed by atoms with E-state index in [1.54, 1.807) is 6.20 Å². The molecule has 2 rings (SSSR count). The van der Waals surface area contributed by atoms with E-state index >= 15 is 0 Å². The maximum Gasteiger partial charge on any atom is 0.103 e. The molecule has 4 heteroatoms. The van der Waals surface area contributed by atoms with Crippen molar-refractivity contribution in [1.82, 2.24) is 15.2 Å². The Labute approximate surface area is 74.5 Å². The zero-order chi connectivity index (χ0) is 8.39. The van der Waals surface area contributed by atoms with Crippen LogP contribution in [0.1, 0.15) is 0 Å². The van der Waals surface area contributed by atoms with Gasteiger partial charge in [-0.05, 0) is 12.1 Å². The van der Waals surface area contributed by atoms with Gasteiger partial charge in [0.15, 0.2) is 0 Å². The average Bonchev–Trinajstić information content (AvgIpc) is 2.56. The molecule has 12 heavy (non-hydrogen) atoms. The van der Waals surface area contributed by atoms with Crippen molar-refractivity contribution in [2.75, 3.05) is 0 Å². The molecule has 0 aliphatic rings. The van der Waals surface area contributed by atoms with Crippen molar-refractivity contribution in [2.45, 2.75) is 0 Å². The van der Waals surface area contributed by atoms with Gasteiger partial charge in [0.1, 0.15) is 4.64 Å². The highest BCUT2D eigenvalue weighted by molar-refractivity contribution is 7.71. The van der Waals surface area contributed by atoms with Gasteiger partial charge in [0.25, 0.3) is 0 Å². The highest BCUT2D eigenvalue weighted by atomic mass is 32.1. The third-order valence-corrected chi connectivity index (χ3v) is 1.82. The van der Waals surface area contributed by atoms with E-state index in [0.29, 0.717) is 0 Å². The molecule has 0 bridgehead atoms. The average molecular weight is 177 g/mol. The number of rotatable bonds is 1. The Balaban J connectivity index is 2.55. The fourth-order valence-electron chi connectivity index (χ4n) is 1.01. The summed E-state index contributed by atoms with van der Waals surface area (Å²) in [5.41, 5.74) is 2.00. The molecule has 0 aliphatic heterocycles. The number of H-pyrrole nitrogens is 2. The molecule has 2 heterocycles. The lowest BCUT2D eigenvalue weighted by molar-refractivity contribution is 1.09. The van der Waals surface area contributed by atoms with Crippen molar-refractivity contribution in [3.63, 3.8) is 0 Å². The van der Waals surface area contributed by atoms with E-state index in [2.05, 4.69) is 15.2 Å². The second-order valence-corrected chi connectivity index (χ2v) is 2.86. The molecule has 0 aliphatic carbocycles. The lowest BCUT2D eigenvalue weighted by atomic mass is 10.2. The molecule has 0 fully saturated rings. The Hall–Kier alpha value is -1.42. The second-order valence-electron chi connectivity index (χ2n) is 2.42. The molecule has 0 aromatic carbocycles. The standard InChI is InChI=1S/C8H7N3S/c12-8-3-1-2-7(11-8)6-4-9-10-5-6/h1-5H,(H,9,10)(H,11,12). The van der Waals surface area contributed by atoms with E-state index in [1.807, 2.05) is 24.4 Å². The summed E-state index contributed by atoms with van der Waals surface area (Å²) in [6.45, 7) is 0. The second kappa shape index (κ2) is 2.91. The molecule has 0 unspecified atom stereocenters. The highest BCUT2D eigenvalue weighted by Gasteiger charge is 1.96. The van der Waals surface area contributed by atoms with E-state index in [1.165, 1.54) is 0 Å². The maximum atomic E-state index is 4.99. The summed E-state index contributed by atoms with van der Waals surface area (Å²) in [5, 5.41) is 6.59. The SMILES string of the molecule is S=c1cccc(-c2cn[nH]c2)[nH]1. The lowest BCUT2D eigenvalue weighted by Gasteiger charge is -1.94. The summed E-state index contributed by atoms with van der Waals surface area (Å²) in [5.74, 6) is 0. The summed E-state index contributed by atoms with van der Waals surface area (Å²) in [4.78, 5) is 3.06. The summed E-state index contributed by atoms with van der Waals surface area (Å²) in [7, 11) is 0.